The van der Waals surface area contributed by atoms with Gasteiger partial charge in [0.25, 0.3) is 0 Å². The molecule has 21 heavy (non-hydrogen) atoms. The molecule has 1 fully saturated rings. The highest BCUT2D eigenvalue weighted by atomic mass is 79.9. The van der Waals surface area contributed by atoms with Crippen LogP contribution in [0.1, 0.15) is 23.5 Å². The van der Waals surface area contributed by atoms with Crippen molar-refractivity contribution in [3.8, 4) is 0 Å². The normalized spacial score (nSPS) is 20.4. The highest BCUT2D eigenvalue weighted by Gasteiger charge is 2.45. The Balaban J connectivity index is 1.53. The van der Waals surface area contributed by atoms with E-state index < -0.39 is 0 Å². The van der Waals surface area contributed by atoms with Crippen LogP contribution in [-0.2, 0) is 9.63 Å². The van der Waals surface area contributed by atoms with Crippen LogP contribution in [0.3, 0.4) is 0 Å². The molecule has 1 aliphatic rings. The van der Waals surface area contributed by atoms with Crippen molar-refractivity contribution in [3.63, 3.8) is 0 Å². The van der Waals surface area contributed by atoms with Gasteiger partial charge < -0.3 is 4.84 Å². The van der Waals surface area contributed by atoms with Crippen LogP contribution in [0.4, 0.5) is 0 Å². The zero-order valence-electron chi connectivity index (χ0n) is 11.3. The van der Waals surface area contributed by atoms with E-state index >= 15 is 0 Å². The summed E-state index contributed by atoms with van der Waals surface area (Å²) in [4.78, 5) is 16.9. The second kappa shape index (κ2) is 6.22. The molecule has 0 heterocycles. The summed E-state index contributed by atoms with van der Waals surface area (Å²) in [6.45, 7) is 0. The van der Waals surface area contributed by atoms with Gasteiger partial charge in [0.15, 0.2) is 0 Å². The van der Waals surface area contributed by atoms with Crippen molar-refractivity contribution in [1.82, 2.24) is 0 Å². The van der Waals surface area contributed by atoms with Gasteiger partial charge in [-0.15, -0.1) is 0 Å². The summed E-state index contributed by atoms with van der Waals surface area (Å²) in [5.74, 6) is -0.0340. The first-order valence-corrected chi connectivity index (χ1v) is 7.58. The second-order valence-electron chi connectivity index (χ2n) is 5.06. The Morgan fingerprint density at radius 3 is 2.57 bits per heavy atom. The van der Waals surface area contributed by atoms with E-state index in [1.165, 1.54) is 5.56 Å². The predicted octanol–water partition coefficient (Wildman–Crippen LogP) is 4.13. The second-order valence-corrected chi connectivity index (χ2v) is 5.97. The molecule has 4 heteroatoms. The van der Waals surface area contributed by atoms with Crippen LogP contribution < -0.4 is 0 Å². The van der Waals surface area contributed by atoms with Gasteiger partial charge in [0.1, 0.15) is 0 Å². The van der Waals surface area contributed by atoms with Crippen molar-refractivity contribution in [2.45, 2.75) is 12.3 Å². The van der Waals surface area contributed by atoms with Crippen LogP contribution in [0.2, 0.25) is 0 Å². The van der Waals surface area contributed by atoms with Crippen LogP contribution in [0.25, 0.3) is 0 Å². The molecule has 3 nitrogen and oxygen atoms in total. The molecular formula is C17H14BrNO2. The lowest BCUT2D eigenvalue weighted by molar-refractivity contribution is -0.145. The third kappa shape index (κ3) is 3.58. The highest BCUT2D eigenvalue weighted by molar-refractivity contribution is 9.10. The van der Waals surface area contributed by atoms with Gasteiger partial charge in [0.2, 0.25) is 0 Å². The Kier molecular flexibility index (Phi) is 4.15. The maximum atomic E-state index is 11.9. The molecule has 0 aliphatic heterocycles. The Morgan fingerprint density at radius 2 is 1.86 bits per heavy atom. The van der Waals surface area contributed by atoms with Gasteiger partial charge in [-0.1, -0.05) is 63.6 Å². The lowest BCUT2D eigenvalue weighted by Gasteiger charge is -1.98. The molecule has 0 N–H and O–H groups in total. The fourth-order valence-electron chi connectivity index (χ4n) is 2.28. The summed E-state index contributed by atoms with van der Waals surface area (Å²) >= 11 is 3.36. The van der Waals surface area contributed by atoms with E-state index in [0.717, 1.165) is 16.5 Å². The quantitative estimate of drug-likeness (QED) is 0.475. The molecule has 1 saturated carbocycles. The van der Waals surface area contributed by atoms with Crippen molar-refractivity contribution in [3.05, 3.63) is 70.2 Å². The number of hydrogen-bond acceptors (Lipinski definition) is 3. The Labute approximate surface area is 131 Å². The molecule has 2 aromatic rings. The SMILES string of the molecule is O=C(O/N=C/c1ccc(Br)cc1)C1CC1c1ccccc1. The topological polar surface area (TPSA) is 38.7 Å². The number of halogens is 1. The van der Waals surface area contributed by atoms with Gasteiger partial charge in [-0.25, -0.2) is 4.79 Å². The first-order valence-electron chi connectivity index (χ1n) is 6.79. The Bertz CT molecular complexity index is 652. The molecule has 2 atom stereocenters. The minimum Gasteiger partial charge on any atom is -0.318 e. The summed E-state index contributed by atoms with van der Waals surface area (Å²) in [7, 11) is 0. The molecule has 3 rings (SSSR count). The first-order chi connectivity index (χ1) is 10.2. The van der Waals surface area contributed by atoms with E-state index in [-0.39, 0.29) is 17.8 Å². The monoisotopic (exact) mass is 343 g/mol. The van der Waals surface area contributed by atoms with Gasteiger partial charge in [0.05, 0.1) is 12.1 Å². The van der Waals surface area contributed by atoms with Crippen molar-refractivity contribution in [2.75, 3.05) is 0 Å². The molecule has 0 amide bonds. The molecule has 106 valence electrons. The summed E-state index contributed by atoms with van der Waals surface area (Å²) < 4.78 is 1.00. The van der Waals surface area contributed by atoms with E-state index in [9.17, 15) is 4.79 Å². The fourth-order valence-corrected chi connectivity index (χ4v) is 2.54. The van der Waals surface area contributed by atoms with E-state index in [2.05, 4.69) is 21.1 Å². The van der Waals surface area contributed by atoms with Crippen LogP contribution in [-0.4, -0.2) is 12.2 Å². The summed E-state index contributed by atoms with van der Waals surface area (Å²) in [5.41, 5.74) is 2.08. The van der Waals surface area contributed by atoms with E-state index in [1.54, 1.807) is 6.21 Å². The Hall–Kier alpha value is -1.94. The molecule has 0 saturated heterocycles. The third-order valence-corrected chi connectivity index (χ3v) is 4.06. The number of carbonyl (C=O) groups excluding carboxylic acids is 1. The van der Waals surface area contributed by atoms with Crippen molar-refractivity contribution in [1.29, 1.82) is 0 Å². The molecule has 2 aromatic carbocycles. The molecule has 0 aromatic heterocycles. The van der Waals surface area contributed by atoms with E-state index in [1.807, 2.05) is 54.6 Å². The zero-order valence-corrected chi connectivity index (χ0v) is 12.9. The Morgan fingerprint density at radius 1 is 1.14 bits per heavy atom. The standard InChI is InChI=1S/C17H14BrNO2/c18-14-8-6-12(7-9-14)11-19-21-17(20)16-10-15(16)13-4-2-1-3-5-13/h1-9,11,15-16H,10H2/b19-11+. The predicted molar refractivity (Wildman–Crippen MR) is 85.1 cm³/mol. The number of benzene rings is 2. The summed E-state index contributed by atoms with van der Waals surface area (Å²) in [6, 6.07) is 17.7. The zero-order chi connectivity index (χ0) is 14.7. The smallest absolute Gasteiger partial charge is 0.318 e. The minimum atomic E-state index is -0.253. The molecule has 0 spiro atoms. The van der Waals surface area contributed by atoms with Crippen LogP contribution in [0, 0.1) is 5.92 Å². The number of rotatable bonds is 4. The largest absolute Gasteiger partial charge is 0.338 e. The van der Waals surface area contributed by atoms with Crippen molar-refractivity contribution >= 4 is 28.1 Å². The highest BCUT2D eigenvalue weighted by Crippen LogP contribution is 2.48. The molecule has 0 radical (unpaired) electrons. The van der Waals surface area contributed by atoms with Crippen LogP contribution >= 0.6 is 15.9 Å². The average molecular weight is 344 g/mol. The number of oxime groups is 1. The fraction of sp³-hybridized carbons (Fsp3) is 0.176. The lowest BCUT2D eigenvalue weighted by atomic mass is 10.1. The molecule has 1 aliphatic carbocycles. The van der Waals surface area contributed by atoms with Crippen molar-refractivity contribution in [2.24, 2.45) is 11.1 Å². The summed E-state index contributed by atoms with van der Waals surface area (Å²) in [6.07, 6.45) is 2.39. The van der Waals surface area contributed by atoms with Gasteiger partial charge in [-0.3, -0.25) is 0 Å². The lowest BCUT2D eigenvalue weighted by Crippen LogP contribution is -2.04. The maximum absolute atomic E-state index is 11.9. The molecule has 2 unspecified atom stereocenters. The third-order valence-electron chi connectivity index (χ3n) is 3.54. The van der Waals surface area contributed by atoms with Crippen LogP contribution in [0.5, 0.6) is 0 Å². The average Bonchev–Trinajstić information content (AvgIpc) is 3.31. The van der Waals surface area contributed by atoms with Gasteiger partial charge in [-0.2, -0.15) is 0 Å². The number of hydrogen-bond donors (Lipinski definition) is 0. The number of nitrogens with zero attached hydrogens (tertiary/aromatic N) is 1. The van der Waals surface area contributed by atoms with Gasteiger partial charge >= 0.3 is 5.97 Å². The minimum absolute atomic E-state index is 0.0607. The number of carbonyl (C=O) groups is 1. The van der Waals surface area contributed by atoms with E-state index in [4.69, 9.17) is 4.84 Å². The molecule has 0 bridgehead atoms. The maximum Gasteiger partial charge on any atom is 0.338 e. The van der Waals surface area contributed by atoms with E-state index in [0.29, 0.717) is 0 Å². The van der Waals surface area contributed by atoms with Gasteiger partial charge in [0, 0.05) is 4.47 Å². The van der Waals surface area contributed by atoms with Crippen LogP contribution in [0.15, 0.2) is 64.2 Å². The molecular weight excluding hydrogens is 330 g/mol. The first kappa shape index (κ1) is 14.0. The van der Waals surface area contributed by atoms with Gasteiger partial charge in [-0.05, 0) is 35.6 Å². The summed E-state index contributed by atoms with van der Waals surface area (Å²) in [5, 5.41) is 3.77. The van der Waals surface area contributed by atoms with Crippen molar-refractivity contribution < 1.29 is 9.63 Å².